The fourth-order valence-corrected chi connectivity index (χ4v) is 3.06. The zero-order valence-corrected chi connectivity index (χ0v) is 18.6. The predicted molar refractivity (Wildman–Crippen MR) is 124 cm³/mol. The zero-order valence-electron chi connectivity index (χ0n) is 15.7. The average Bonchev–Trinajstić information content (AvgIpc) is 2.74. The molecule has 0 fully saturated rings. The van der Waals surface area contributed by atoms with Gasteiger partial charge in [0.25, 0.3) is 5.69 Å². The zero-order chi connectivity index (χ0) is 21.5. The molecule has 30 heavy (non-hydrogen) atoms. The molecule has 0 saturated heterocycles. The molecule has 0 atom stereocenters. The molecule has 3 aromatic rings. The maximum Gasteiger partial charge on any atom is 0.287 e. The molecule has 0 spiro atoms. The van der Waals surface area contributed by atoms with Gasteiger partial charge in [0.15, 0.2) is 11.5 Å². The number of halogens is 2. The van der Waals surface area contributed by atoms with Gasteiger partial charge in [-0.05, 0) is 64.0 Å². The van der Waals surface area contributed by atoms with Gasteiger partial charge in [-0.2, -0.15) is 5.10 Å². The van der Waals surface area contributed by atoms with E-state index in [1.807, 2.05) is 24.3 Å². The number of nitrogens with one attached hydrogen (secondary N) is 1. The molecule has 0 radical (unpaired) electrons. The maximum absolute atomic E-state index is 10.7. The highest BCUT2D eigenvalue weighted by Crippen LogP contribution is 2.36. The van der Waals surface area contributed by atoms with E-state index in [2.05, 4.69) is 38.1 Å². The number of hydrogen-bond donors (Lipinski definition) is 1. The van der Waals surface area contributed by atoms with Crippen molar-refractivity contribution in [3.05, 3.63) is 84.6 Å². The molecule has 1 heterocycles. The first kappa shape index (κ1) is 21.8. The highest BCUT2D eigenvalue weighted by Gasteiger charge is 2.12. The fraction of sp³-hybridized carbons (Fsp3) is 0.100. The van der Waals surface area contributed by atoms with E-state index in [4.69, 9.17) is 21.1 Å². The predicted octanol–water partition coefficient (Wildman–Crippen LogP) is 5.28. The molecule has 0 saturated carbocycles. The molecule has 1 N–H and O–H groups in total. The van der Waals surface area contributed by atoms with Gasteiger partial charge in [0.1, 0.15) is 18.6 Å². The van der Waals surface area contributed by atoms with Crippen LogP contribution < -0.4 is 14.9 Å². The molecule has 0 amide bonds. The molecular weight excluding hydrogens is 523 g/mol. The van der Waals surface area contributed by atoms with Crippen LogP contribution in [0.1, 0.15) is 11.1 Å². The minimum atomic E-state index is -0.517. The van der Waals surface area contributed by atoms with Crippen LogP contribution in [-0.4, -0.2) is 23.2 Å². The third-order valence-corrected chi connectivity index (χ3v) is 4.90. The lowest BCUT2D eigenvalue weighted by Gasteiger charge is -2.13. The van der Waals surface area contributed by atoms with Gasteiger partial charge in [-0.25, -0.2) is 4.98 Å². The van der Waals surface area contributed by atoms with E-state index < -0.39 is 4.92 Å². The lowest BCUT2D eigenvalue weighted by molar-refractivity contribution is -0.385. The molecule has 154 valence electrons. The number of methoxy groups -OCH3 is 1. The number of ether oxygens (including phenoxy) is 2. The highest BCUT2D eigenvalue weighted by atomic mass is 127. The van der Waals surface area contributed by atoms with Gasteiger partial charge in [0.2, 0.25) is 0 Å². The van der Waals surface area contributed by atoms with Crippen LogP contribution in [0.15, 0.2) is 59.8 Å². The Bertz CT molecular complexity index is 1060. The Kier molecular flexibility index (Phi) is 7.41. The van der Waals surface area contributed by atoms with E-state index in [1.54, 1.807) is 12.1 Å². The van der Waals surface area contributed by atoms with E-state index in [0.717, 1.165) is 15.3 Å². The van der Waals surface area contributed by atoms with E-state index in [0.29, 0.717) is 34.5 Å². The summed E-state index contributed by atoms with van der Waals surface area (Å²) >= 11 is 8.63. The van der Waals surface area contributed by atoms with Crippen molar-refractivity contribution in [1.29, 1.82) is 0 Å². The van der Waals surface area contributed by atoms with Crippen LogP contribution in [0.4, 0.5) is 11.5 Å². The molecule has 0 aliphatic heterocycles. The highest BCUT2D eigenvalue weighted by molar-refractivity contribution is 14.1. The summed E-state index contributed by atoms with van der Waals surface area (Å²) in [5.74, 6) is 1.29. The molecule has 1 aromatic heterocycles. The van der Waals surface area contributed by atoms with Crippen molar-refractivity contribution in [2.24, 2.45) is 5.10 Å². The first-order chi connectivity index (χ1) is 14.5. The van der Waals surface area contributed by atoms with Crippen LogP contribution in [0.25, 0.3) is 0 Å². The lowest BCUT2D eigenvalue weighted by Crippen LogP contribution is -2.00. The Labute approximate surface area is 191 Å². The normalized spacial score (nSPS) is 10.8. The quantitative estimate of drug-likeness (QED) is 0.181. The number of aromatic nitrogens is 1. The summed E-state index contributed by atoms with van der Waals surface area (Å²) in [6, 6.07) is 14.2. The molecule has 0 aliphatic carbocycles. The summed E-state index contributed by atoms with van der Waals surface area (Å²) < 4.78 is 12.4. The summed E-state index contributed by atoms with van der Waals surface area (Å²) in [4.78, 5) is 14.1. The van der Waals surface area contributed by atoms with Crippen molar-refractivity contribution in [1.82, 2.24) is 4.98 Å². The molecule has 3 rings (SSSR count). The second-order valence-electron chi connectivity index (χ2n) is 5.98. The maximum atomic E-state index is 10.7. The smallest absolute Gasteiger partial charge is 0.287 e. The first-order valence-electron chi connectivity index (χ1n) is 8.60. The number of benzene rings is 2. The third-order valence-electron chi connectivity index (χ3n) is 3.90. The van der Waals surface area contributed by atoms with Gasteiger partial charge < -0.3 is 9.47 Å². The molecule has 0 unspecified atom stereocenters. The largest absolute Gasteiger partial charge is 0.493 e. The van der Waals surface area contributed by atoms with Crippen LogP contribution in [0.2, 0.25) is 5.02 Å². The number of hydrogen-bond acceptors (Lipinski definition) is 7. The number of hydrazone groups is 1. The first-order valence-corrected chi connectivity index (χ1v) is 10.1. The Morgan fingerprint density at radius 1 is 1.27 bits per heavy atom. The summed E-state index contributed by atoms with van der Waals surface area (Å²) in [5.41, 5.74) is 4.29. The number of nitro groups is 1. The Morgan fingerprint density at radius 3 is 2.67 bits per heavy atom. The van der Waals surface area contributed by atoms with E-state index >= 15 is 0 Å². The lowest BCUT2D eigenvalue weighted by atomic mass is 10.2. The standard InChI is InChI=1S/C20H16ClIN4O4/c1-29-18-9-14(10-24-25-19-7-6-16(11-23-19)26(27)28)8-17(21)20(18)30-12-13-2-4-15(22)5-3-13/h2-11H,12H2,1H3,(H,23,25)/b24-10+. The fourth-order valence-electron chi connectivity index (χ4n) is 2.42. The molecule has 0 bridgehead atoms. The topological polar surface area (TPSA) is 98.9 Å². The number of pyridine rings is 1. The van der Waals surface area contributed by atoms with Gasteiger partial charge in [-0.15, -0.1) is 0 Å². The molecular formula is C20H16ClIN4O4. The average molecular weight is 539 g/mol. The van der Waals surface area contributed by atoms with E-state index in [-0.39, 0.29) is 5.69 Å². The van der Waals surface area contributed by atoms with Crippen molar-refractivity contribution in [3.63, 3.8) is 0 Å². The van der Waals surface area contributed by atoms with Crippen molar-refractivity contribution < 1.29 is 14.4 Å². The minimum absolute atomic E-state index is 0.0955. The van der Waals surface area contributed by atoms with E-state index in [9.17, 15) is 10.1 Å². The van der Waals surface area contributed by atoms with E-state index in [1.165, 1.54) is 25.5 Å². The number of rotatable bonds is 8. The molecule has 2 aromatic carbocycles. The van der Waals surface area contributed by atoms with Crippen molar-refractivity contribution in [3.8, 4) is 11.5 Å². The Balaban J connectivity index is 1.68. The van der Waals surface area contributed by atoms with Crippen LogP contribution in [0, 0.1) is 13.7 Å². The Morgan fingerprint density at radius 2 is 2.03 bits per heavy atom. The van der Waals surface area contributed by atoms with Gasteiger partial charge >= 0.3 is 0 Å². The Hall–Kier alpha value is -2.92. The van der Waals surface area contributed by atoms with Gasteiger partial charge in [-0.1, -0.05) is 23.7 Å². The number of anilines is 1. The van der Waals surface area contributed by atoms with Crippen LogP contribution in [0.3, 0.4) is 0 Å². The molecule has 10 heteroatoms. The van der Waals surface area contributed by atoms with Crippen molar-refractivity contribution >= 4 is 51.9 Å². The summed E-state index contributed by atoms with van der Waals surface area (Å²) in [7, 11) is 1.53. The summed E-state index contributed by atoms with van der Waals surface area (Å²) in [5, 5.41) is 15.1. The van der Waals surface area contributed by atoms with Crippen LogP contribution >= 0.6 is 34.2 Å². The van der Waals surface area contributed by atoms with Crippen molar-refractivity contribution in [2.75, 3.05) is 12.5 Å². The van der Waals surface area contributed by atoms with Gasteiger partial charge in [-0.3, -0.25) is 15.5 Å². The molecule has 8 nitrogen and oxygen atoms in total. The summed E-state index contributed by atoms with van der Waals surface area (Å²) in [6.45, 7) is 0.355. The van der Waals surface area contributed by atoms with Crippen molar-refractivity contribution in [2.45, 2.75) is 6.61 Å². The monoisotopic (exact) mass is 538 g/mol. The second kappa shape index (κ2) is 10.2. The SMILES string of the molecule is COc1cc(/C=N/Nc2ccc([N+](=O)[O-])cn2)cc(Cl)c1OCc1ccc(I)cc1. The van der Waals surface area contributed by atoms with Crippen LogP contribution in [0.5, 0.6) is 11.5 Å². The third kappa shape index (κ3) is 5.80. The van der Waals surface area contributed by atoms with Gasteiger partial charge in [0, 0.05) is 9.64 Å². The summed E-state index contributed by atoms with van der Waals surface area (Å²) in [6.07, 6.45) is 2.68. The van der Waals surface area contributed by atoms with Gasteiger partial charge in [0.05, 0.1) is 23.3 Å². The second-order valence-corrected chi connectivity index (χ2v) is 7.63. The molecule has 0 aliphatic rings. The van der Waals surface area contributed by atoms with Crippen LogP contribution in [-0.2, 0) is 6.61 Å². The number of nitrogens with zero attached hydrogens (tertiary/aromatic N) is 3. The minimum Gasteiger partial charge on any atom is -0.493 e.